The molecule has 2 amide bonds. The van der Waals surface area contributed by atoms with Crippen molar-refractivity contribution in [2.24, 2.45) is 5.41 Å². The van der Waals surface area contributed by atoms with E-state index in [9.17, 15) is 9.59 Å². The summed E-state index contributed by atoms with van der Waals surface area (Å²) < 4.78 is 0. The minimum Gasteiger partial charge on any atom is -0.372 e. The van der Waals surface area contributed by atoms with Crippen molar-refractivity contribution in [1.29, 1.82) is 0 Å². The van der Waals surface area contributed by atoms with Gasteiger partial charge in [-0.15, -0.1) is 0 Å². The maximum Gasteiger partial charge on any atom is 0.239 e. The molecule has 0 fully saturated rings. The van der Waals surface area contributed by atoms with E-state index in [4.69, 9.17) is 0 Å². The van der Waals surface area contributed by atoms with Crippen molar-refractivity contribution in [3.63, 3.8) is 0 Å². The van der Waals surface area contributed by atoms with Gasteiger partial charge in [-0.2, -0.15) is 0 Å². The molecule has 0 radical (unpaired) electrons. The van der Waals surface area contributed by atoms with Gasteiger partial charge < -0.3 is 15.5 Å². The molecule has 0 unspecified atom stereocenters. The van der Waals surface area contributed by atoms with Crippen molar-refractivity contribution in [3.05, 3.63) is 53.6 Å². The first kappa shape index (κ1) is 21.5. The summed E-state index contributed by atoms with van der Waals surface area (Å²) in [6.45, 7) is 13.2. The fourth-order valence-corrected chi connectivity index (χ4v) is 2.95. The number of nitrogens with one attached hydrogen (secondary N) is 2. The van der Waals surface area contributed by atoms with Crippen LogP contribution in [0.25, 0.3) is 0 Å². The third-order valence-corrected chi connectivity index (χ3v) is 5.12. The number of rotatable bonds is 7. The predicted octanol–water partition coefficient (Wildman–Crippen LogP) is 4.75. The first-order chi connectivity index (χ1) is 13.2. The molecule has 0 heterocycles. The van der Waals surface area contributed by atoms with Crippen molar-refractivity contribution in [2.45, 2.75) is 41.5 Å². The van der Waals surface area contributed by atoms with Crippen molar-refractivity contribution in [3.8, 4) is 0 Å². The molecule has 0 aliphatic carbocycles. The predicted molar refractivity (Wildman–Crippen MR) is 117 cm³/mol. The zero-order valence-electron chi connectivity index (χ0n) is 17.7. The molecule has 0 aliphatic heterocycles. The standard InChI is InChI=1S/C23H31N3O2/c1-7-26(8-2)18-13-14-20(17(4)15-18)25-22(28)23(5,6)21(27)24-19-12-10-9-11-16(19)3/h9-15H,7-8H2,1-6H3,(H,24,27)(H,25,28). The highest BCUT2D eigenvalue weighted by Gasteiger charge is 2.36. The smallest absolute Gasteiger partial charge is 0.239 e. The number of benzene rings is 2. The fourth-order valence-electron chi connectivity index (χ4n) is 2.95. The Labute approximate surface area is 168 Å². The SMILES string of the molecule is CCN(CC)c1ccc(NC(=O)C(C)(C)C(=O)Nc2ccccc2C)c(C)c1. The minimum atomic E-state index is -1.22. The van der Waals surface area contributed by atoms with Crippen molar-refractivity contribution < 1.29 is 9.59 Å². The molecule has 5 heteroatoms. The van der Waals surface area contributed by atoms with Crippen LogP contribution in [0.2, 0.25) is 0 Å². The Morgan fingerprint density at radius 2 is 1.39 bits per heavy atom. The second kappa shape index (κ2) is 8.91. The van der Waals surface area contributed by atoms with Gasteiger partial charge in [0.15, 0.2) is 0 Å². The van der Waals surface area contributed by atoms with Gasteiger partial charge in [0.1, 0.15) is 5.41 Å². The maximum absolute atomic E-state index is 12.9. The third-order valence-electron chi connectivity index (χ3n) is 5.12. The molecule has 2 aromatic rings. The van der Waals surface area contributed by atoms with E-state index < -0.39 is 5.41 Å². The van der Waals surface area contributed by atoms with Gasteiger partial charge in [0.2, 0.25) is 11.8 Å². The lowest BCUT2D eigenvalue weighted by Crippen LogP contribution is -2.41. The number of aryl methyl sites for hydroxylation is 2. The Hall–Kier alpha value is -2.82. The number of hydrogen-bond acceptors (Lipinski definition) is 3. The van der Waals surface area contributed by atoms with Crippen molar-refractivity contribution in [1.82, 2.24) is 0 Å². The lowest BCUT2D eigenvalue weighted by molar-refractivity contribution is -0.135. The number of carbonyl (C=O) groups excluding carboxylic acids is 2. The van der Waals surface area contributed by atoms with Crippen molar-refractivity contribution >= 4 is 28.9 Å². The number of amides is 2. The van der Waals surface area contributed by atoms with Crippen LogP contribution in [0.5, 0.6) is 0 Å². The van der Waals surface area contributed by atoms with Crippen molar-refractivity contribution in [2.75, 3.05) is 28.6 Å². The average Bonchev–Trinajstić information content (AvgIpc) is 2.66. The van der Waals surface area contributed by atoms with Crippen LogP contribution in [-0.2, 0) is 9.59 Å². The largest absolute Gasteiger partial charge is 0.372 e. The molecular formula is C23H31N3O2. The second-order valence-electron chi connectivity index (χ2n) is 7.52. The average molecular weight is 382 g/mol. The zero-order valence-corrected chi connectivity index (χ0v) is 17.7. The van der Waals surface area contributed by atoms with Gasteiger partial charge in [-0.1, -0.05) is 18.2 Å². The summed E-state index contributed by atoms with van der Waals surface area (Å²) in [4.78, 5) is 27.8. The molecule has 2 N–H and O–H groups in total. The molecule has 0 atom stereocenters. The summed E-state index contributed by atoms with van der Waals surface area (Å²) in [5.41, 5.74) is 3.26. The second-order valence-corrected chi connectivity index (χ2v) is 7.52. The van der Waals surface area contributed by atoms with Crippen LogP contribution in [0.1, 0.15) is 38.8 Å². The molecule has 0 spiro atoms. The van der Waals surface area contributed by atoms with E-state index in [1.165, 1.54) is 0 Å². The van der Waals surface area contributed by atoms with E-state index in [-0.39, 0.29) is 11.8 Å². The quantitative estimate of drug-likeness (QED) is 0.680. The lowest BCUT2D eigenvalue weighted by atomic mass is 9.90. The topological polar surface area (TPSA) is 61.4 Å². The molecule has 0 saturated carbocycles. The molecular weight excluding hydrogens is 350 g/mol. The first-order valence-electron chi connectivity index (χ1n) is 9.74. The van der Waals surface area contributed by atoms with Gasteiger partial charge in [-0.25, -0.2) is 0 Å². The highest BCUT2D eigenvalue weighted by molar-refractivity contribution is 6.14. The molecule has 0 saturated heterocycles. The summed E-state index contributed by atoms with van der Waals surface area (Å²) in [6.07, 6.45) is 0. The van der Waals surface area contributed by atoms with E-state index in [0.717, 1.165) is 35.6 Å². The van der Waals surface area contributed by atoms with Crippen LogP contribution in [0, 0.1) is 19.3 Å². The highest BCUT2D eigenvalue weighted by atomic mass is 16.2. The maximum atomic E-state index is 12.9. The highest BCUT2D eigenvalue weighted by Crippen LogP contribution is 2.26. The minimum absolute atomic E-state index is 0.336. The molecule has 2 rings (SSSR count). The summed E-state index contributed by atoms with van der Waals surface area (Å²) in [5, 5.41) is 5.78. The first-order valence-corrected chi connectivity index (χ1v) is 9.74. The molecule has 5 nitrogen and oxygen atoms in total. The van der Waals surface area contributed by atoms with E-state index in [0.29, 0.717) is 5.69 Å². The summed E-state index contributed by atoms with van der Waals surface area (Å²) in [7, 11) is 0. The summed E-state index contributed by atoms with van der Waals surface area (Å²) >= 11 is 0. The molecule has 0 aliphatic rings. The molecule has 28 heavy (non-hydrogen) atoms. The van der Waals surface area contributed by atoms with E-state index in [1.807, 2.05) is 50.2 Å². The number of para-hydroxylation sites is 1. The van der Waals surface area contributed by atoms with Crippen LogP contribution in [-0.4, -0.2) is 24.9 Å². The summed E-state index contributed by atoms with van der Waals surface area (Å²) in [5.74, 6) is -0.672. The molecule has 150 valence electrons. The number of carbonyl (C=O) groups is 2. The molecule has 0 aromatic heterocycles. The Kier molecular flexibility index (Phi) is 6.84. The fraction of sp³-hybridized carbons (Fsp3) is 0.391. The van der Waals surface area contributed by atoms with Crippen LogP contribution in [0.3, 0.4) is 0 Å². The van der Waals surface area contributed by atoms with Gasteiger partial charge >= 0.3 is 0 Å². The molecule has 2 aromatic carbocycles. The zero-order chi connectivity index (χ0) is 20.9. The van der Waals surface area contributed by atoms with E-state index >= 15 is 0 Å². The Morgan fingerprint density at radius 1 is 0.857 bits per heavy atom. The van der Waals surface area contributed by atoms with Crippen LogP contribution < -0.4 is 15.5 Å². The monoisotopic (exact) mass is 381 g/mol. The van der Waals surface area contributed by atoms with Crippen LogP contribution >= 0.6 is 0 Å². The van der Waals surface area contributed by atoms with Crippen LogP contribution in [0.4, 0.5) is 17.1 Å². The Balaban J connectivity index is 2.14. The van der Waals surface area contributed by atoms with Gasteiger partial charge in [0.25, 0.3) is 0 Å². The Bertz CT molecular complexity index is 855. The third kappa shape index (κ3) is 4.71. The van der Waals surface area contributed by atoms with E-state index in [1.54, 1.807) is 13.8 Å². The van der Waals surface area contributed by atoms with Gasteiger partial charge in [-0.3, -0.25) is 9.59 Å². The van der Waals surface area contributed by atoms with Gasteiger partial charge in [0.05, 0.1) is 0 Å². The normalized spacial score (nSPS) is 11.1. The Morgan fingerprint density at radius 3 is 1.89 bits per heavy atom. The van der Waals surface area contributed by atoms with Gasteiger partial charge in [-0.05, 0) is 76.9 Å². The summed E-state index contributed by atoms with van der Waals surface area (Å²) in [6, 6.07) is 13.5. The van der Waals surface area contributed by atoms with Gasteiger partial charge in [0, 0.05) is 30.2 Å². The lowest BCUT2D eigenvalue weighted by Gasteiger charge is -2.25. The number of nitrogens with zero attached hydrogens (tertiary/aromatic N) is 1. The number of anilines is 3. The molecule has 0 bridgehead atoms. The van der Waals surface area contributed by atoms with E-state index in [2.05, 4.69) is 35.4 Å². The number of hydrogen-bond donors (Lipinski definition) is 2. The van der Waals surface area contributed by atoms with Crippen LogP contribution in [0.15, 0.2) is 42.5 Å².